The van der Waals surface area contributed by atoms with Crippen molar-refractivity contribution < 1.29 is 42.6 Å². The molecule has 5 aromatic carbocycles. The topological polar surface area (TPSA) is 133 Å². The van der Waals surface area contributed by atoms with Crippen molar-refractivity contribution in [2.75, 3.05) is 0 Å². The highest BCUT2D eigenvalue weighted by Crippen LogP contribution is 2.45. The van der Waals surface area contributed by atoms with E-state index in [2.05, 4.69) is 5.32 Å². The molecule has 54 heavy (non-hydrogen) atoms. The predicted octanol–water partition coefficient (Wildman–Crippen LogP) is 6.94. The van der Waals surface area contributed by atoms with Crippen LogP contribution in [0.2, 0.25) is 0 Å². The van der Waals surface area contributed by atoms with E-state index < -0.39 is 44.1 Å². The largest absolute Gasteiger partial charge is 0.472 e. The van der Waals surface area contributed by atoms with Crippen LogP contribution in [0.5, 0.6) is 0 Å². The lowest BCUT2D eigenvalue weighted by Gasteiger charge is -2.52. The molecule has 11 heteroatoms. The number of phosphoric acid groups is 1. The maximum Gasteiger partial charge on any atom is 0.472 e. The van der Waals surface area contributed by atoms with Crippen molar-refractivity contribution in [2.45, 2.75) is 75.8 Å². The summed E-state index contributed by atoms with van der Waals surface area (Å²) in [4.78, 5) is 34.0. The van der Waals surface area contributed by atoms with E-state index in [-0.39, 0.29) is 38.6 Å². The summed E-state index contributed by atoms with van der Waals surface area (Å²) in [5, 5.41) is 3.25. The van der Waals surface area contributed by atoms with Crippen molar-refractivity contribution in [1.82, 2.24) is 5.32 Å². The Morgan fingerprint density at radius 1 is 0.593 bits per heavy atom. The van der Waals surface area contributed by atoms with Crippen molar-refractivity contribution in [3.8, 4) is 0 Å². The third-order valence-corrected chi connectivity index (χ3v) is 9.77. The van der Waals surface area contributed by atoms with Crippen molar-refractivity contribution >= 4 is 13.7 Å². The number of phosphoric ester groups is 1. The van der Waals surface area contributed by atoms with E-state index in [1.807, 2.05) is 152 Å². The Morgan fingerprint density at radius 2 is 0.944 bits per heavy atom. The van der Waals surface area contributed by atoms with Gasteiger partial charge in [-0.2, -0.15) is 0 Å². The minimum Gasteiger partial charge on any atom is -0.368 e. The third-order valence-electron chi connectivity index (χ3n) is 9.29. The minimum atomic E-state index is -5.18. The number of ether oxygens (including phenoxy) is 4. The Bertz CT molecular complexity index is 1870. The van der Waals surface area contributed by atoms with E-state index in [9.17, 15) is 19.1 Å². The highest BCUT2D eigenvalue weighted by molar-refractivity contribution is 7.46. The fourth-order valence-corrected chi connectivity index (χ4v) is 7.46. The van der Waals surface area contributed by atoms with Gasteiger partial charge in [-0.05, 0) is 40.7 Å². The van der Waals surface area contributed by atoms with Gasteiger partial charge >= 0.3 is 7.82 Å². The molecule has 1 saturated heterocycles. The highest BCUT2D eigenvalue weighted by atomic mass is 31.2. The number of carbonyl (C=O) groups is 1. The van der Waals surface area contributed by atoms with E-state index >= 15 is 0 Å². The van der Waals surface area contributed by atoms with Crippen molar-refractivity contribution in [3.63, 3.8) is 0 Å². The van der Waals surface area contributed by atoms with Crippen LogP contribution in [0.3, 0.4) is 0 Å². The lowest BCUT2D eigenvalue weighted by molar-refractivity contribution is -0.318. The zero-order valence-electron chi connectivity index (χ0n) is 30.1. The highest BCUT2D eigenvalue weighted by Gasteiger charge is 2.57. The van der Waals surface area contributed by atoms with E-state index in [1.165, 1.54) is 6.92 Å². The number of hydrogen-bond acceptors (Lipinski definition) is 7. The van der Waals surface area contributed by atoms with Crippen molar-refractivity contribution in [1.29, 1.82) is 0 Å². The van der Waals surface area contributed by atoms with Crippen LogP contribution in [0.15, 0.2) is 152 Å². The number of carbonyl (C=O) groups excluding carboxylic acids is 1. The van der Waals surface area contributed by atoms with Gasteiger partial charge in [0.25, 0.3) is 0 Å². The Kier molecular flexibility index (Phi) is 13.6. The van der Waals surface area contributed by atoms with Crippen LogP contribution in [0.1, 0.15) is 34.7 Å². The fourth-order valence-electron chi connectivity index (χ4n) is 7.02. The van der Waals surface area contributed by atoms with E-state index in [1.54, 1.807) is 0 Å². The first-order valence-corrected chi connectivity index (χ1v) is 19.4. The number of rotatable bonds is 17. The smallest absolute Gasteiger partial charge is 0.368 e. The molecule has 6 rings (SSSR count). The summed E-state index contributed by atoms with van der Waals surface area (Å²) in [6.07, 6.45) is -5.39. The molecule has 1 aliphatic heterocycles. The molecule has 0 unspecified atom stereocenters. The van der Waals surface area contributed by atoms with Gasteiger partial charge in [-0.1, -0.05) is 152 Å². The molecule has 1 aliphatic rings. The van der Waals surface area contributed by atoms with Gasteiger partial charge in [0.2, 0.25) is 5.91 Å². The maximum absolute atomic E-state index is 13.4. The van der Waals surface area contributed by atoms with Crippen LogP contribution in [0.4, 0.5) is 0 Å². The van der Waals surface area contributed by atoms with Crippen LogP contribution >= 0.6 is 7.82 Å². The predicted molar refractivity (Wildman–Crippen MR) is 204 cm³/mol. The molecule has 0 aliphatic carbocycles. The van der Waals surface area contributed by atoms with Gasteiger partial charge in [0.05, 0.1) is 25.4 Å². The van der Waals surface area contributed by atoms with E-state index in [0.29, 0.717) is 0 Å². The van der Waals surface area contributed by atoms with Gasteiger partial charge in [0, 0.05) is 6.92 Å². The van der Waals surface area contributed by atoms with Gasteiger partial charge in [-0.15, -0.1) is 0 Å². The first kappa shape index (κ1) is 39.2. The summed E-state index contributed by atoms with van der Waals surface area (Å²) >= 11 is 0. The van der Waals surface area contributed by atoms with Crippen LogP contribution in [-0.2, 0) is 65.5 Å². The molecule has 0 radical (unpaired) electrons. The summed E-state index contributed by atoms with van der Waals surface area (Å²) in [5.41, 5.74) is 3.08. The first-order chi connectivity index (χ1) is 26.2. The zero-order valence-corrected chi connectivity index (χ0v) is 30.9. The standard InChI is InChI=1S/C43H46NO9P/c1-32(45)44-43(27-33-17-7-2-8-18-33,28-34-19-9-3-10-20-34)41-39(50-30-36-23-13-5-14-24-36)38(49-29-35-21-11-4-12-22-35)40(42(52-41)53-54(46,47)48)51-31-37-25-15-6-16-26-37/h2-26,38-42H,27-31H2,1H3,(H,44,45)(H2,46,47,48)/t38-,39-,40+,41-,42+/m0/s1. The molecular weight excluding hydrogens is 705 g/mol. The second-order valence-electron chi connectivity index (χ2n) is 13.5. The first-order valence-electron chi connectivity index (χ1n) is 17.9. The Balaban J connectivity index is 1.52. The van der Waals surface area contributed by atoms with Gasteiger partial charge in [0.15, 0.2) is 6.29 Å². The average Bonchev–Trinajstić information content (AvgIpc) is 3.17. The molecule has 10 nitrogen and oxygen atoms in total. The van der Waals surface area contributed by atoms with Crippen LogP contribution < -0.4 is 5.32 Å². The van der Waals surface area contributed by atoms with Crippen LogP contribution in [-0.4, -0.2) is 51.9 Å². The van der Waals surface area contributed by atoms with Gasteiger partial charge in [-0.25, -0.2) is 4.57 Å². The molecule has 1 heterocycles. The third kappa shape index (κ3) is 11.0. The SMILES string of the molecule is CC(=O)NC(Cc1ccccc1)(Cc1ccccc1)[C@H]1O[C@H](OP(=O)(O)O)[C@H](OCc2ccccc2)[C@@H](OCc2ccccc2)[C@@H]1OCc1ccccc1. The maximum atomic E-state index is 13.4. The van der Waals surface area contributed by atoms with Crippen LogP contribution in [0, 0.1) is 0 Å². The molecule has 1 amide bonds. The molecular formula is C43H46NO9P. The summed E-state index contributed by atoms with van der Waals surface area (Å²) in [6.45, 7) is 1.74. The van der Waals surface area contributed by atoms with Gasteiger partial charge in [0.1, 0.15) is 24.4 Å². The minimum absolute atomic E-state index is 0.0576. The van der Waals surface area contributed by atoms with E-state index in [4.69, 9.17) is 23.5 Å². The molecule has 5 aromatic rings. The normalized spacial score (nSPS) is 20.3. The molecule has 5 atom stereocenters. The zero-order chi connectivity index (χ0) is 37.8. The quantitative estimate of drug-likeness (QED) is 0.0865. The molecule has 0 aromatic heterocycles. The molecule has 0 bridgehead atoms. The second kappa shape index (κ2) is 18.7. The summed E-state index contributed by atoms with van der Waals surface area (Å²) in [7, 11) is -5.18. The van der Waals surface area contributed by atoms with E-state index in [0.717, 1.165) is 27.8 Å². The number of hydrogen-bond donors (Lipinski definition) is 3. The Morgan fingerprint density at radius 3 is 1.31 bits per heavy atom. The average molecular weight is 752 g/mol. The monoisotopic (exact) mass is 751 g/mol. The summed E-state index contributed by atoms with van der Waals surface area (Å²) in [5.74, 6) is -0.330. The summed E-state index contributed by atoms with van der Waals surface area (Å²) in [6, 6.07) is 47.9. The second-order valence-corrected chi connectivity index (χ2v) is 14.7. The van der Waals surface area contributed by atoms with Crippen molar-refractivity contribution in [3.05, 3.63) is 179 Å². The Hall–Kier alpha value is -4.48. The number of amides is 1. The molecule has 1 fully saturated rings. The molecule has 3 N–H and O–H groups in total. The lowest BCUT2D eigenvalue weighted by atomic mass is 9.75. The summed E-state index contributed by atoms with van der Waals surface area (Å²) < 4.78 is 45.1. The Labute approximate surface area is 316 Å². The fraction of sp³-hybridized carbons (Fsp3) is 0.279. The number of benzene rings is 5. The molecule has 0 spiro atoms. The van der Waals surface area contributed by atoms with Gasteiger partial charge in [-0.3, -0.25) is 9.32 Å². The molecule has 0 saturated carbocycles. The lowest BCUT2D eigenvalue weighted by Crippen LogP contribution is -2.71. The van der Waals surface area contributed by atoms with Crippen molar-refractivity contribution in [2.24, 2.45) is 0 Å². The molecule has 282 valence electrons. The number of nitrogens with one attached hydrogen (secondary N) is 1. The van der Waals surface area contributed by atoms with Gasteiger partial charge < -0.3 is 34.1 Å². The van der Waals surface area contributed by atoms with Crippen LogP contribution in [0.25, 0.3) is 0 Å².